The van der Waals surface area contributed by atoms with Crippen LogP contribution in [0.1, 0.15) is 71.3 Å². The van der Waals surface area contributed by atoms with Gasteiger partial charge in [-0.05, 0) is 91.6 Å². The molecule has 224 valence electrons. The molecule has 0 fully saturated rings. The molecule has 2 rings (SSSR count). The molecular formula is C30H39NO10. The third-order valence-corrected chi connectivity index (χ3v) is 5.20. The van der Waals surface area contributed by atoms with Crippen LogP contribution in [0.4, 0.5) is 9.59 Å². The molecule has 11 heteroatoms. The van der Waals surface area contributed by atoms with Crippen molar-refractivity contribution in [2.75, 3.05) is 0 Å². The second kappa shape index (κ2) is 14.0. The Morgan fingerprint density at radius 2 is 1.24 bits per heavy atom. The Morgan fingerprint density at radius 3 is 1.78 bits per heavy atom. The van der Waals surface area contributed by atoms with Crippen LogP contribution in [-0.2, 0) is 30.2 Å². The Bertz CT molecular complexity index is 1210. The highest BCUT2D eigenvalue weighted by Gasteiger charge is 2.27. The predicted octanol–water partition coefficient (Wildman–Crippen LogP) is 5.36. The summed E-state index contributed by atoms with van der Waals surface area (Å²) in [5.41, 5.74) is 5.29. The van der Waals surface area contributed by atoms with E-state index in [1.165, 1.54) is 12.1 Å². The molecule has 0 unspecified atom stereocenters. The second-order valence-corrected chi connectivity index (χ2v) is 11.3. The van der Waals surface area contributed by atoms with Crippen molar-refractivity contribution in [3.8, 4) is 11.5 Å². The summed E-state index contributed by atoms with van der Waals surface area (Å²) in [6.45, 7) is 13.2. The Kier molecular flexibility index (Phi) is 11.3. The van der Waals surface area contributed by atoms with Crippen molar-refractivity contribution in [3.05, 3.63) is 59.7 Å². The molecule has 0 aromatic heterocycles. The molecule has 0 aliphatic carbocycles. The van der Waals surface area contributed by atoms with Gasteiger partial charge in [0.05, 0.1) is 5.56 Å². The average molecular weight is 574 g/mol. The third-order valence-electron chi connectivity index (χ3n) is 5.20. The Hall–Kier alpha value is -4.12. The number of nitrogens with two attached hydrogens (primary N) is 1. The van der Waals surface area contributed by atoms with Crippen molar-refractivity contribution in [3.63, 3.8) is 0 Å². The van der Waals surface area contributed by atoms with E-state index in [2.05, 4.69) is 0 Å². The monoisotopic (exact) mass is 573 g/mol. The first kappa shape index (κ1) is 33.1. The molecular weight excluding hydrogens is 534 g/mol. The average Bonchev–Trinajstić information content (AvgIpc) is 2.83. The summed E-state index contributed by atoms with van der Waals surface area (Å²) in [6, 6.07) is 11.6. The highest BCUT2D eigenvalue weighted by atomic mass is 16.8. The molecule has 41 heavy (non-hydrogen) atoms. The number of benzene rings is 2. The number of rotatable bonds is 9. The zero-order valence-corrected chi connectivity index (χ0v) is 24.7. The summed E-state index contributed by atoms with van der Waals surface area (Å²) >= 11 is 0. The topological polar surface area (TPSA) is 150 Å². The maximum absolute atomic E-state index is 12.7. The minimum atomic E-state index is -1.11. The molecule has 0 heterocycles. The maximum Gasteiger partial charge on any atom is 0.514 e. The van der Waals surface area contributed by atoms with Gasteiger partial charge in [-0.2, -0.15) is 0 Å². The van der Waals surface area contributed by atoms with Gasteiger partial charge < -0.3 is 34.2 Å². The molecule has 0 bridgehead atoms. The van der Waals surface area contributed by atoms with Crippen molar-refractivity contribution < 1.29 is 47.6 Å². The lowest BCUT2D eigenvalue weighted by atomic mass is 10.1. The van der Waals surface area contributed by atoms with E-state index in [-0.39, 0.29) is 17.9 Å². The number of esters is 2. The first-order chi connectivity index (χ1) is 18.9. The number of hydrogen-bond donors (Lipinski definition) is 1. The Balaban J connectivity index is 2.10. The summed E-state index contributed by atoms with van der Waals surface area (Å²) in [5, 5.41) is 0. The van der Waals surface area contributed by atoms with E-state index in [1.807, 2.05) is 0 Å². The van der Waals surface area contributed by atoms with Crippen molar-refractivity contribution >= 4 is 24.2 Å². The number of ether oxygens (including phenoxy) is 6. The lowest BCUT2D eigenvalue weighted by Crippen LogP contribution is -2.39. The summed E-state index contributed by atoms with van der Waals surface area (Å²) in [6.07, 6.45) is -3.56. The summed E-state index contributed by atoms with van der Waals surface area (Å²) < 4.78 is 31.7. The number of hydrogen-bond acceptors (Lipinski definition) is 11. The van der Waals surface area contributed by atoms with E-state index >= 15 is 0 Å². The molecule has 11 nitrogen and oxygen atoms in total. The fourth-order valence-electron chi connectivity index (χ4n) is 3.18. The normalized spacial score (nSPS) is 13.7. The van der Waals surface area contributed by atoms with Gasteiger partial charge in [-0.1, -0.05) is 24.3 Å². The van der Waals surface area contributed by atoms with Crippen LogP contribution in [0, 0.1) is 0 Å². The van der Waals surface area contributed by atoms with Gasteiger partial charge >= 0.3 is 24.2 Å². The van der Waals surface area contributed by atoms with Crippen molar-refractivity contribution in [1.29, 1.82) is 0 Å². The van der Waals surface area contributed by atoms with Crippen LogP contribution in [0.5, 0.6) is 11.5 Å². The van der Waals surface area contributed by atoms with Crippen LogP contribution in [0.2, 0.25) is 0 Å². The molecule has 0 aliphatic heterocycles. The van der Waals surface area contributed by atoms with Crippen molar-refractivity contribution in [2.45, 2.75) is 91.3 Å². The fourth-order valence-corrected chi connectivity index (χ4v) is 3.18. The molecule has 2 aromatic carbocycles. The summed E-state index contributed by atoms with van der Waals surface area (Å²) in [5.74, 6) is -1.52. The van der Waals surface area contributed by atoms with E-state index in [9.17, 15) is 19.2 Å². The molecule has 2 N–H and O–H groups in total. The highest BCUT2D eigenvalue weighted by Crippen LogP contribution is 2.31. The van der Waals surface area contributed by atoms with Crippen LogP contribution in [-0.4, -0.2) is 53.7 Å². The molecule has 0 radical (unpaired) electrons. The standard InChI is InChI=1S/C30H39NO10/c1-18(36-25(32)21-12-10-9-11-13-21)19(2)37-26(33)22(31)16-20-14-15-23(38-27(34)40-29(3,4)5)24(17-20)39-28(35)41-30(6,7)8/h9-15,17-19,22H,16,31H2,1-8H3/t18-,19-,22-/m0/s1. The van der Waals surface area contributed by atoms with E-state index in [0.717, 1.165) is 0 Å². The van der Waals surface area contributed by atoms with Gasteiger partial charge in [0.1, 0.15) is 29.5 Å². The fraction of sp³-hybridized carbons (Fsp3) is 0.467. The van der Waals surface area contributed by atoms with E-state index < -0.39 is 53.7 Å². The van der Waals surface area contributed by atoms with Gasteiger partial charge in [-0.3, -0.25) is 4.79 Å². The van der Waals surface area contributed by atoms with Crippen LogP contribution in [0.25, 0.3) is 0 Å². The number of carbonyl (C=O) groups is 4. The minimum absolute atomic E-state index is 0.0128. The maximum atomic E-state index is 12.7. The second-order valence-electron chi connectivity index (χ2n) is 11.3. The smallest absolute Gasteiger partial charge is 0.458 e. The highest BCUT2D eigenvalue weighted by molar-refractivity contribution is 5.89. The number of carbonyl (C=O) groups excluding carboxylic acids is 4. The van der Waals surface area contributed by atoms with Crippen LogP contribution in [0.15, 0.2) is 48.5 Å². The first-order valence-corrected chi connectivity index (χ1v) is 13.1. The Morgan fingerprint density at radius 1 is 0.732 bits per heavy atom. The molecule has 0 aliphatic rings. The summed E-state index contributed by atoms with van der Waals surface area (Å²) in [7, 11) is 0. The first-order valence-electron chi connectivity index (χ1n) is 13.1. The van der Waals surface area contributed by atoms with Crippen LogP contribution in [0.3, 0.4) is 0 Å². The van der Waals surface area contributed by atoms with Gasteiger partial charge in [0.2, 0.25) is 0 Å². The lowest BCUT2D eigenvalue weighted by molar-refractivity contribution is -0.154. The van der Waals surface area contributed by atoms with Crippen LogP contribution < -0.4 is 15.2 Å². The van der Waals surface area contributed by atoms with Gasteiger partial charge in [-0.25, -0.2) is 14.4 Å². The molecule has 0 amide bonds. The zero-order chi connectivity index (χ0) is 31.0. The van der Waals surface area contributed by atoms with Gasteiger partial charge in [0, 0.05) is 0 Å². The van der Waals surface area contributed by atoms with Gasteiger partial charge in [-0.15, -0.1) is 0 Å². The Labute approximate surface area is 240 Å². The SMILES string of the molecule is C[C@H](OC(=O)c1ccccc1)[C@H](C)OC(=O)[C@@H](N)Cc1ccc(OC(=O)OC(C)(C)C)c(OC(=O)OC(C)(C)C)c1. The summed E-state index contributed by atoms with van der Waals surface area (Å²) in [4.78, 5) is 49.6. The molecule has 2 aromatic rings. The van der Waals surface area contributed by atoms with Crippen molar-refractivity contribution in [2.24, 2.45) is 5.73 Å². The predicted molar refractivity (Wildman–Crippen MR) is 149 cm³/mol. The van der Waals surface area contributed by atoms with E-state index in [4.69, 9.17) is 34.2 Å². The van der Waals surface area contributed by atoms with Crippen LogP contribution >= 0.6 is 0 Å². The minimum Gasteiger partial charge on any atom is -0.458 e. The third kappa shape index (κ3) is 11.9. The van der Waals surface area contributed by atoms with Gasteiger partial charge in [0.15, 0.2) is 11.5 Å². The molecule has 0 spiro atoms. The largest absolute Gasteiger partial charge is 0.514 e. The quantitative estimate of drug-likeness (QED) is 0.234. The molecule has 0 saturated heterocycles. The van der Waals surface area contributed by atoms with E-state index in [1.54, 1.807) is 91.8 Å². The lowest BCUT2D eigenvalue weighted by Gasteiger charge is -2.23. The molecule has 0 saturated carbocycles. The van der Waals surface area contributed by atoms with Gasteiger partial charge in [0.25, 0.3) is 0 Å². The van der Waals surface area contributed by atoms with Crippen molar-refractivity contribution in [1.82, 2.24) is 0 Å². The zero-order valence-electron chi connectivity index (χ0n) is 24.7. The van der Waals surface area contributed by atoms with E-state index in [0.29, 0.717) is 11.1 Å². The molecule has 3 atom stereocenters.